The van der Waals surface area contributed by atoms with Crippen molar-refractivity contribution in [2.45, 2.75) is 76.0 Å². The number of nitrogens with zero attached hydrogens (tertiary/aromatic N) is 1. The summed E-state index contributed by atoms with van der Waals surface area (Å²) in [6, 6.07) is 0.0341. The van der Waals surface area contributed by atoms with E-state index in [-0.39, 0.29) is 12.1 Å². The zero-order chi connectivity index (χ0) is 14.0. The highest BCUT2D eigenvalue weighted by Crippen LogP contribution is 2.47. The molecular formula is C14H27NO4. The number of aliphatic hydroxyl groups excluding tert-OH is 2. The largest absolute Gasteiger partial charge is 0.387 e. The molecule has 3 rings (SSSR count). The topological polar surface area (TPSA) is 73.2 Å². The fraction of sp³-hybridized carbons (Fsp3) is 1.00. The minimum atomic E-state index is -1.25. The minimum Gasteiger partial charge on any atom is -0.387 e. The van der Waals surface area contributed by atoms with Gasteiger partial charge in [-0.1, -0.05) is 26.7 Å². The lowest BCUT2D eigenvalue weighted by Gasteiger charge is -2.64. The SMILES string of the molecule is CCCCOC1C(O)C(O)C2(O)CC1N2CCCC. The molecule has 2 heterocycles. The van der Waals surface area contributed by atoms with Gasteiger partial charge in [0, 0.05) is 25.6 Å². The molecule has 0 spiro atoms. The van der Waals surface area contributed by atoms with Gasteiger partial charge in [0.2, 0.25) is 0 Å². The van der Waals surface area contributed by atoms with Crippen LogP contribution in [0, 0.1) is 0 Å². The normalized spacial score (nSPS) is 42.2. The molecule has 2 aliphatic heterocycles. The predicted octanol–water partition coefficient (Wildman–Crippen LogP) is 0.470. The maximum atomic E-state index is 10.4. The van der Waals surface area contributed by atoms with Crippen LogP contribution in [0.25, 0.3) is 0 Å². The zero-order valence-electron chi connectivity index (χ0n) is 12.0. The van der Waals surface area contributed by atoms with Crippen molar-refractivity contribution in [2.24, 2.45) is 0 Å². The van der Waals surface area contributed by atoms with E-state index in [0.717, 1.165) is 32.2 Å². The van der Waals surface area contributed by atoms with Gasteiger partial charge < -0.3 is 20.1 Å². The summed E-state index contributed by atoms with van der Waals surface area (Å²) in [6.45, 7) is 5.53. The molecule has 3 aliphatic rings. The summed E-state index contributed by atoms with van der Waals surface area (Å²) < 4.78 is 5.75. The van der Waals surface area contributed by atoms with Crippen LogP contribution in [0.1, 0.15) is 46.0 Å². The van der Waals surface area contributed by atoms with Crippen molar-refractivity contribution < 1.29 is 20.1 Å². The standard InChI is InChI=1S/C14H27NO4/c1-3-5-7-15-10-9-14(15,18)13(17)11(16)12(10)19-8-6-4-2/h10-13,16-18H,3-9H2,1-2H3. The molecule has 5 atom stereocenters. The quantitative estimate of drug-likeness (QED) is 0.588. The number of fused-ring (bicyclic) bond motifs is 2. The van der Waals surface area contributed by atoms with Crippen molar-refractivity contribution in [3.8, 4) is 0 Å². The average molecular weight is 273 g/mol. The second kappa shape index (κ2) is 6.06. The molecule has 0 aromatic rings. The van der Waals surface area contributed by atoms with Gasteiger partial charge in [-0.05, 0) is 12.8 Å². The third-order valence-corrected chi connectivity index (χ3v) is 4.48. The van der Waals surface area contributed by atoms with E-state index in [1.165, 1.54) is 0 Å². The molecule has 0 aromatic carbocycles. The maximum Gasteiger partial charge on any atom is 0.149 e. The molecule has 2 saturated heterocycles. The number of hydrogen-bond donors (Lipinski definition) is 3. The fourth-order valence-electron chi connectivity index (χ4n) is 3.24. The van der Waals surface area contributed by atoms with Crippen molar-refractivity contribution in [3.63, 3.8) is 0 Å². The van der Waals surface area contributed by atoms with Crippen LogP contribution < -0.4 is 0 Å². The molecule has 19 heavy (non-hydrogen) atoms. The summed E-state index contributed by atoms with van der Waals surface area (Å²) in [5, 5.41) is 30.6. The Balaban J connectivity index is 2.00. The highest BCUT2D eigenvalue weighted by atomic mass is 16.5. The van der Waals surface area contributed by atoms with Crippen LogP contribution in [0.2, 0.25) is 0 Å². The van der Waals surface area contributed by atoms with Crippen molar-refractivity contribution in [1.82, 2.24) is 4.90 Å². The van der Waals surface area contributed by atoms with Gasteiger partial charge in [-0.3, -0.25) is 4.90 Å². The van der Waals surface area contributed by atoms with Crippen LogP contribution in [-0.2, 0) is 4.74 Å². The van der Waals surface area contributed by atoms with Gasteiger partial charge >= 0.3 is 0 Å². The molecule has 5 nitrogen and oxygen atoms in total. The second-order valence-corrected chi connectivity index (χ2v) is 5.82. The van der Waals surface area contributed by atoms with Gasteiger partial charge in [0.15, 0.2) is 0 Å². The Morgan fingerprint density at radius 2 is 1.89 bits per heavy atom. The van der Waals surface area contributed by atoms with Gasteiger partial charge in [-0.2, -0.15) is 0 Å². The number of piperidine rings is 1. The number of ether oxygens (including phenoxy) is 1. The first-order valence-electron chi connectivity index (χ1n) is 7.53. The summed E-state index contributed by atoms with van der Waals surface area (Å²) in [7, 11) is 0. The molecule has 2 bridgehead atoms. The minimum absolute atomic E-state index is 0.0341. The summed E-state index contributed by atoms with van der Waals surface area (Å²) in [6.07, 6.45) is 1.99. The second-order valence-electron chi connectivity index (χ2n) is 5.82. The van der Waals surface area contributed by atoms with Crippen molar-refractivity contribution in [3.05, 3.63) is 0 Å². The lowest BCUT2D eigenvalue weighted by molar-refractivity contribution is -0.348. The summed E-state index contributed by atoms with van der Waals surface area (Å²) in [5.41, 5.74) is -1.25. The summed E-state index contributed by atoms with van der Waals surface area (Å²) in [5.74, 6) is 0. The summed E-state index contributed by atoms with van der Waals surface area (Å²) in [4.78, 5) is 1.91. The first-order chi connectivity index (χ1) is 9.06. The molecule has 0 aromatic heterocycles. The zero-order valence-corrected chi connectivity index (χ0v) is 12.0. The van der Waals surface area contributed by atoms with Crippen LogP contribution in [0.4, 0.5) is 0 Å². The third-order valence-electron chi connectivity index (χ3n) is 4.48. The Bertz CT molecular complexity index is 301. The van der Waals surface area contributed by atoms with Crippen LogP contribution in [0.5, 0.6) is 0 Å². The van der Waals surface area contributed by atoms with Gasteiger partial charge in [-0.25, -0.2) is 0 Å². The Kier molecular flexibility index (Phi) is 4.84. The van der Waals surface area contributed by atoms with Gasteiger partial charge in [0.05, 0.1) is 0 Å². The molecule has 0 radical (unpaired) electrons. The number of unbranched alkanes of at least 4 members (excludes halogenated alkanes) is 2. The molecule has 3 fully saturated rings. The van der Waals surface area contributed by atoms with Crippen molar-refractivity contribution in [2.75, 3.05) is 13.2 Å². The Labute approximate surface area is 115 Å². The molecule has 3 N–H and O–H groups in total. The fourth-order valence-corrected chi connectivity index (χ4v) is 3.24. The van der Waals surface area contributed by atoms with Gasteiger partial charge in [0.1, 0.15) is 24.0 Å². The van der Waals surface area contributed by atoms with Crippen LogP contribution in [-0.4, -0.2) is 63.4 Å². The van der Waals surface area contributed by atoms with E-state index in [9.17, 15) is 15.3 Å². The maximum absolute atomic E-state index is 10.4. The lowest BCUT2D eigenvalue weighted by atomic mass is 9.70. The third kappa shape index (κ3) is 2.54. The van der Waals surface area contributed by atoms with E-state index >= 15 is 0 Å². The van der Waals surface area contributed by atoms with Gasteiger partial charge in [0.25, 0.3) is 0 Å². The predicted molar refractivity (Wildman–Crippen MR) is 71.6 cm³/mol. The smallest absolute Gasteiger partial charge is 0.149 e. The first kappa shape index (κ1) is 15.2. The molecule has 1 saturated carbocycles. The monoisotopic (exact) mass is 273 g/mol. The lowest BCUT2D eigenvalue weighted by Crippen LogP contribution is -2.83. The first-order valence-corrected chi connectivity index (χ1v) is 7.53. The average Bonchev–Trinajstić information content (AvgIpc) is 2.38. The number of aliphatic hydroxyl groups is 3. The summed E-state index contributed by atoms with van der Waals surface area (Å²) >= 11 is 0. The molecule has 1 aliphatic carbocycles. The van der Waals surface area contributed by atoms with Crippen molar-refractivity contribution >= 4 is 0 Å². The Morgan fingerprint density at radius 1 is 1.21 bits per heavy atom. The van der Waals surface area contributed by atoms with Crippen molar-refractivity contribution in [1.29, 1.82) is 0 Å². The number of hydrogen-bond acceptors (Lipinski definition) is 5. The van der Waals surface area contributed by atoms with E-state index in [2.05, 4.69) is 13.8 Å². The van der Waals surface area contributed by atoms with Crippen LogP contribution >= 0.6 is 0 Å². The number of rotatable bonds is 7. The molecular weight excluding hydrogens is 246 g/mol. The molecule has 5 heteroatoms. The Morgan fingerprint density at radius 3 is 2.53 bits per heavy atom. The Hall–Kier alpha value is -0.200. The van der Waals surface area contributed by atoms with Gasteiger partial charge in [-0.15, -0.1) is 0 Å². The molecule has 5 unspecified atom stereocenters. The van der Waals surface area contributed by atoms with Crippen LogP contribution in [0.15, 0.2) is 0 Å². The highest BCUT2D eigenvalue weighted by molar-refractivity contribution is 5.15. The molecule has 0 amide bonds. The van der Waals surface area contributed by atoms with E-state index in [1.807, 2.05) is 4.90 Å². The van der Waals surface area contributed by atoms with E-state index in [4.69, 9.17) is 4.74 Å². The molecule has 112 valence electrons. The van der Waals surface area contributed by atoms with E-state index < -0.39 is 17.9 Å². The van der Waals surface area contributed by atoms with E-state index in [1.54, 1.807) is 0 Å². The van der Waals surface area contributed by atoms with Crippen LogP contribution in [0.3, 0.4) is 0 Å². The van der Waals surface area contributed by atoms with E-state index in [0.29, 0.717) is 13.0 Å². The highest BCUT2D eigenvalue weighted by Gasteiger charge is 2.65.